The second kappa shape index (κ2) is 8.12. The highest BCUT2D eigenvalue weighted by Crippen LogP contribution is 2.35. The summed E-state index contributed by atoms with van der Waals surface area (Å²) in [4.78, 5) is 44.7. The van der Waals surface area contributed by atoms with Crippen molar-refractivity contribution >= 4 is 34.5 Å². The number of carbonyl (C=O) groups is 3. The average molecular weight is 471 g/mol. The minimum Gasteiger partial charge on any atom is -0.478 e. The molecule has 34 heavy (non-hydrogen) atoms. The number of urea groups is 1. The second-order valence-electron chi connectivity index (χ2n) is 8.49. The Balaban J connectivity index is 1.72. The van der Waals surface area contributed by atoms with Crippen molar-refractivity contribution < 1.29 is 32.7 Å². The largest absolute Gasteiger partial charge is 0.478 e. The van der Waals surface area contributed by atoms with Crippen LogP contribution in [0, 0.1) is 0 Å². The zero-order valence-corrected chi connectivity index (χ0v) is 18.3. The van der Waals surface area contributed by atoms with Gasteiger partial charge in [-0.15, -0.1) is 0 Å². The van der Waals surface area contributed by atoms with Crippen LogP contribution in [0.3, 0.4) is 0 Å². The van der Waals surface area contributed by atoms with Gasteiger partial charge in [0.1, 0.15) is 5.54 Å². The van der Waals surface area contributed by atoms with E-state index in [2.05, 4.69) is 4.98 Å². The minimum absolute atomic E-state index is 0.0784. The van der Waals surface area contributed by atoms with Crippen LogP contribution in [0.5, 0.6) is 0 Å². The number of para-hydroxylation sites is 1. The van der Waals surface area contributed by atoms with E-state index in [1.807, 2.05) is 24.3 Å². The van der Waals surface area contributed by atoms with Gasteiger partial charge in [0.05, 0.1) is 23.2 Å². The van der Waals surface area contributed by atoms with Crippen LogP contribution in [-0.4, -0.2) is 44.6 Å². The Morgan fingerprint density at radius 2 is 1.76 bits per heavy atom. The molecule has 3 amide bonds. The molecule has 176 valence electrons. The fraction of sp³-hybridized carbons (Fsp3) is 0.250. The number of amides is 3. The van der Waals surface area contributed by atoms with Crippen molar-refractivity contribution in [2.75, 3.05) is 4.90 Å². The number of carboxylic acids is 1. The maximum absolute atomic E-state index is 13.4. The molecule has 2 aromatic carbocycles. The summed E-state index contributed by atoms with van der Waals surface area (Å²) in [7, 11) is 0. The van der Waals surface area contributed by atoms with E-state index in [4.69, 9.17) is 0 Å². The van der Waals surface area contributed by atoms with E-state index in [9.17, 15) is 32.7 Å². The number of hydrogen-bond donors (Lipinski definition) is 1. The highest BCUT2D eigenvalue weighted by Gasteiger charge is 2.52. The van der Waals surface area contributed by atoms with E-state index in [1.54, 1.807) is 26.1 Å². The number of aromatic nitrogens is 1. The Labute approximate surface area is 192 Å². The highest BCUT2D eigenvalue weighted by molar-refractivity contribution is 6.23. The maximum Gasteiger partial charge on any atom is 0.393 e. The van der Waals surface area contributed by atoms with Gasteiger partial charge < -0.3 is 10.0 Å². The van der Waals surface area contributed by atoms with Crippen molar-refractivity contribution in [1.82, 2.24) is 9.88 Å². The van der Waals surface area contributed by atoms with Crippen LogP contribution in [-0.2, 0) is 17.8 Å². The first-order valence-corrected chi connectivity index (χ1v) is 10.3. The summed E-state index contributed by atoms with van der Waals surface area (Å²) >= 11 is 0. The molecular formula is C24H20F3N3O4. The molecule has 3 aromatic rings. The number of aromatic carboxylic acids is 1. The predicted molar refractivity (Wildman–Crippen MR) is 117 cm³/mol. The predicted octanol–water partition coefficient (Wildman–Crippen LogP) is 4.79. The first kappa shape index (κ1) is 23.2. The van der Waals surface area contributed by atoms with E-state index in [-0.39, 0.29) is 12.2 Å². The molecule has 0 aliphatic carbocycles. The lowest BCUT2D eigenvalue weighted by Crippen LogP contribution is -2.43. The number of nitrogens with zero attached hydrogens (tertiary/aromatic N) is 3. The Morgan fingerprint density at radius 3 is 2.44 bits per heavy atom. The first-order chi connectivity index (χ1) is 15.9. The van der Waals surface area contributed by atoms with Crippen molar-refractivity contribution in [3.8, 4) is 0 Å². The summed E-state index contributed by atoms with van der Waals surface area (Å²) in [5.41, 5.74) is -0.981. The van der Waals surface area contributed by atoms with Crippen molar-refractivity contribution in [2.45, 2.75) is 38.5 Å². The molecule has 0 radical (unpaired) electrons. The van der Waals surface area contributed by atoms with Crippen LogP contribution < -0.4 is 4.90 Å². The fourth-order valence-electron chi connectivity index (χ4n) is 4.06. The molecule has 1 N–H and O–H groups in total. The number of alkyl halides is 3. The molecule has 1 aromatic heterocycles. The Kier molecular flexibility index (Phi) is 5.55. The number of rotatable bonds is 5. The Hall–Kier alpha value is -3.95. The monoisotopic (exact) mass is 471 g/mol. The van der Waals surface area contributed by atoms with Crippen LogP contribution in [0.2, 0.25) is 0 Å². The van der Waals surface area contributed by atoms with E-state index in [0.717, 1.165) is 39.6 Å². The number of carboxylic acid groups (broad SMARTS) is 1. The molecule has 10 heteroatoms. The molecule has 0 spiro atoms. The van der Waals surface area contributed by atoms with E-state index in [0.29, 0.717) is 0 Å². The highest BCUT2D eigenvalue weighted by atomic mass is 19.4. The topological polar surface area (TPSA) is 90.8 Å². The first-order valence-electron chi connectivity index (χ1n) is 10.3. The smallest absolute Gasteiger partial charge is 0.393 e. The third-order valence-electron chi connectivity index (χ3n) is 5.86. The lowest BCUT2D eigenvalue weighted by molar-refractivity contribution is -0.127. The van der Waals surface area contributed by atoms with Gasteiger partial charge in [-0.1, -0.05) is 24.3 Å². The van der Waals surface area contributed by atoms with Crippen LogP contribution >= 0.6 is 0 Å². The number of anilines is 1. The normalized spacial score (nSPS) is 15.9. The van der Waals surface area contributed by atoms with Crippen LogP contribution in [0.4, 0.5) is 23.7 Å². The SMILES string of the molecule is CC1(C)C(=O)N(c2ccc(CC(F)(F)F)c(C(=O)O)c2)C(=O)N1Cc1ccnc2ccccc12. The summed E-state index contributed by atoms with van der Waals surface area (Å²) in [6, 6.07) is 11.5. The zero-order valence-electron chi connectivity index (χ0n) is 18.3. The summed E-state index contributed by atoms with van der Waals surface area (Å²) in [5.74, 6) is -2.20. The van der Waals surface area contributed by atoms with Gasteiger partial charge in [0.15, 0.2) is 0 Å². The number of imide groups is 1. The summed E-state index contributed by atoms with van der Waals surface area (Å²) in [6.07, 6.45) is -4.45. The van der Waals surface area contributed by atoms with E-state index >= 15 is 0 Å². The molecule has 7 nitrogen and oxygen atoms in total. The van der Waals surface area contributed by atoms with Gasteiger partial charge in [-0.05, 0) is 49.2 Å². The molecule has 1 aliphatic heterocycles. The molecule has 1 aliphatic rings. The van der Waals surface area contributed by atoms with Crippen molar-refractivity contribution in [2.24, 2.45) is 0 Å². The zero-order chi connectivity index (χ0) is 24.8. The van der Waals surface area contributed by atoms with Gasteiger partial charge in [-0.2, -0.15) is 13.2 Å². The minimum atomic E-state index is -4.61. The molecule has 0 saturated carbocycles. The van der Waals surface area contributed by atoms with Gasteiger partial charge in [0.2, 0.25) is 0 Å². The number of hydrogen-bond acceptors (Lipinski definition) is 4. The van der Waals surface area contributed by atoms with Gasteiger partial charge >= 0.3 is 18.2 Å². The molecule has 0 atom stereocenters. The van der Waals surface area contributed by atoms with Crippen molar-refractivity contribution in [3.63, 3.8) is 0 Å². The number of pyridine rings is 1. The van der Waals surface area contributed by atoms with Crippen LogP contribution in [0.15, 0.2) is 54.7 Å². The number of carbonyl (C=O) groups excluding carboxylic acids is 2. The quantitative estimate of drug-likeness (QED) is 0.541. The standard InChI is InChI=1S/C24H20F3N3O4/c1-23(2)21(33)30(16-8-7-14(12-24(25,26)27)18(11-16)20(31)32)22(34)29(23)13-15-9-10-28-19-6-4-3-5-17(15)19/h3-11H,12-13H2,1-2H3,(H,31,32). The lowest BCUT2D eigenvalue weighted by Gasteiger charge is -2.28. The number of halogens is 3. The Morgan fingerprint density at radius 1 is 1.06 bits per heavy atom. The van der Waals surface area contributed by atoms with Gasteiger partial charge in [-0.3, -0.25) is 9.78 Å². The summed E-state index contributed by atoms with van der Waals surface area (Å²) in [5, 5.41) is 10.2. The summed E-state index contributed by atoms with van der Waals surface area (Å²) < 4.78 is 38.6. The molecule has 2 heterocycles. The molecule has 4 rings (SSSR count). The molecule has 1 fully saturated rings. The molecule has 1 saturated heterocycles. The number of benzene rings is 2. The average Bonchev–Trinajstić information content (AvgIpc) is 2.92. The maximum atomic E-state index is 13.4. The van der Waals surface area contributed by atoms with Crippen molar-refractivity contribution in [3.05, 3.63) is 71.4 Å². The fourth-order valence-corrected chi connectivity index (χ4v) is 4.06. The van der Waals surface area contributed by atoms with Crippen molar-refractivity contribution in [1.29, 1.82) is 0 Å². The number of fused-ring (bicyclic) bond motifs is 1. The van der Waals surface area contributed by atoms with E-state index in [1.165, 1.54) is 4.90 Å². The van der Waals surface area contributed by atoms with Gasteiger partial charge in [0.25, 0.3) is 5.91 Å². The summed E-state index contributed by atoms with van der Waals surface area (Å²) in [6.45, 7) is 3.20. The second-order valence-corrected chi connectivity index (χ2v) is 8.49. The van der Waals surface area contributed by atoms with Gasteiger partial charge in [-0.25, -0.2) is 14.5 Å². The van der Waals surface area contributed by atoms with Crippen LogP contribution in [0.25, 0.3) is 10.9 Å². The third-order valence-corrected chi connectivity index (χ3v) is 5.86. The molecular weight excluding hydrogens is 451 g/mol. The molecule has 0 bridgehead atoms. The molecule has 0 unspecified atom stereocenters. The van der Waals surface area contributed by atoms with E-state index < -0.39 is 47.2 Å². The lowest BCUT2D eigenvalue weighted by atomic mass is 10.0. The third kappa shape index (κ3) is 4.07. The van der Waals surface area contributed by atoms with Gasteiger partial charge in [0, 0.05) is 18.1 Å². The Bertz CT molecular complexity index is 1320. The van der Waals surface area contributed by atoms with Crippen LogP contribution in [0.1, 0.15) is 35.3 Å².